The number of methoxy groups -OCH3 is 3. The Morgan fingerprint density at radius 2 is 1.71 bits per heavy atom. The molecule has 0 saturated carbocycles. The fourth-order valence-electron chi connectivity index (χ4n) is 1.53. The van der Waals surface area contributed by atoms with E-state index in [2.05, 4.69) is 4.74 Å². The van der Waals surface area contributed by atoms with Gasteiger partial charge in [-0.2, -0.15) is 4.31 Å². The van der Waals surface area contributed by atoms with Crippen LogP contribution in [-0.4, -0.2) is 53.6 Å². The van der Waals surface area contributed by atoms with Gasteiger partial charge in [-0.3, -0.25) is 4.79 Å². The first-order valence-electron chi connectivity index (χ1n) is 5.72. The molecular formula is C12H16FNO6S. The molecule has 1 aromatic carbocycles. The SMILES string of the molecule is COC(=O)CN(C)S(=O)(=O)c1cc(OC)c(OC)cc1F. The molecule has 0 bridgehead atoms. The van der Waals surface area contributed by atoms with Crippen molar-refractivity contribution in [1.82, 2.24) is 4.31 Å². The monoisotopic (exact) mass is 321 g/mol. The van der Waals surface area contributed by atoms with Crippen LogP contribution >= 0.6 is 0 Å². The topological polar surface area (TPSA) is 82.1 Å². The van der Waals surface area contributed by atoms with Gasteiger partial charge in [-0.25, -0.2) is 12.8 Å². The van der Waals surface area contributed by atoms with Gasteiger partial charge in [-0.15, -0.1) is 0 Å². The van der Waals surface area contributed by atoms with E-state index in [1.54, 1.807) is 0 Å². The molecule has 0 aliphatic carbocycles. The predicted octanol–water partition coefficient (Wildman–Crippen LogP) is 0.636. The molecule has 1 aromatic rings. The van der Waals surface area contributed by atoms with E-state index < -0.39 is 33.3 Å². The summed E-state index contributed by atoms with van der Waals surface area (Å²) in [5.41, 5.74) is 0. The van der Waals surface area contributed by atoms with Crippen LogP contribution in [0.5, 0.6) is 11.5 Å². The van der Waals surface area contributed by atoms with Crippen LogP contribution in [0.2, 0.25) is 0 Å². The Labute approximate surface area is 122 Å². The lowest BCUT2D eigenvalue weighted by molar-refractivity contribution is -0.140. The van der Waals surface area contributed by atoms with Crippen LogP contribution in [-0.2, 0) is 19.6 Å². The second kappa shape index (κ2) is 6.72. The van der Waals surface area contributed by atoms with Crippen molar-refractivity contribution >= 4 is 16.0 Å². The Morgan fingerprint density at radius 1 is 1.19 bits per heavy atom. The molecular weight excluding hydrogens is 305 g/mol. The molecule has 0 unspecified atom stereocenters. The van der Waals surface area contributed by atoms with Gasteiger partial charge in [-0.1, -0.05) is 0 Å². The Kier molecular flexibility index (Phi) is 5.50. The Bertz CT molecular complexity index is 631. The number of esters is 1. The van der Waals surface area contributed by atoms with Crippen molar-refractivity contribution in [1.29, 1.82) is 0 Å². The number of ether oxygens (including phenoxy) is 3. The average Bonchev–Trinajstić information content (AvgIpc) is 2.46. The maximum Gasteiger partial charge on any atom is 0.321 e. The minimum absolute atomic E-state index is 0.0592. The summed E-state index contributed by atoms with van der Waals surface area (Å²) in [5, 5.41) is 0. The number of carbonyl (C=O) groups excluding carboxylic acids is 1. The van der Waals surface area contributed by atoms with Gasteiger partial charge in [-0.05, 0) is 0 Å². The number of hydrogen-bond acceptors (Lipinski definition) is 6. The first-order valence-corrected chi connectivity index (χ1v) is 7.16. The third-order valence-corrected chi connectivity index (χ3v) is 4.52. The lowest BCUT2D eigenvalue weighted by Crippen LogP contribution is -2.33. The quantitative estimate of drug-likeness (QED) is 0.715. The largest absolute Gasteiger partial charge is 0.493 e. The Morgan fingerprint density at radius 3 is 2.19 bits per heavy atom. The molecule has 0 N–H and O–H groups in total. The third kappa shape index (κ3) is 3.61. The molecule has 0 spiro atoms. The van der Waals surface area contributed by atoms with E-state index in [0.29, 0.717) is 4.31 Å². The highest BCUT2D eigenvalue weighted by Crippen LogP contribution is 2.32. The van der Waals surface area contributed by atoms with E-state index in [-0.39, 0.29) is 11.5 Å². The van der Waals surface area contributed by atoms with E-state index in [0.717, 1.165) is 26.3 Å². The van der Waals surface area contributed by atoms with Gasteiger partial charge < -0.3 is 14.2 Å². The molecule has 0 fully saturated rings. The molecule has 1 rings (SSSR count). The minimum Gasteiger partial charge on any atom is -0.493 e. The maximum absolute atomic E-state index is 14.0. The maximum atomic E-state index is 14.0. The summed E-state index contributed by atoms with van der Waals surface area (Å²) < 4.78 is 53.4. The highest BCUT2D eigenvalue weighted by molar-refractivity contribution is 7.89. The lowest BCUT2D eigenvalue weighted by Gasteiger charge is -2.17. The average molecular weight is 321 g/mol. The zero-order valence-corrected chi connectivity index (χ0v) is 12.9. The molecule has 0 saturated heterocycles. The van der Waals surface area contributed by atoms with Crippen molar-refractivity contribution in [3.8, 4) is 11.5 Å². The highest BCUT2D eigenvalue weighted by atomic mass is 32.2. The molecule has 9 heteroatoms. The molecule has 118 valence electrons. The fraction of sp³-hybridized carbons (Fsp3) is 0.417. The van der Waals surface area contributed by atoms with Crippen molar-refractivity contribution in [2.45, 2.75) is 4.90 Å². The van der Waals surface area contributed by atoms with E-state index in [1.165, 1.54) is 14.2 Å². The van der Waals surface area contributed by atoms with Crippen LogP contribution in [0.25, 0.3) is 0 Å². The van der Waals surface area contributed by atoms with Crippen LogP contribution in [0.1, 0.15) is 0 Å². The van der Waals surface area contributed by atoms with Crippen LogP contribution in [0.3, 0.4) is 0 Å². The van der Waals surface area contributed by atoms with Crippen LogP contribution in [0.15, 0.2) is 17.0 Å². The van der Waals surface area contributed by atoms with E-state index in [9.17, 15) is 17.6 Å². The molecule has 0 aliphatic heterocycles. The van der Waals surface area contributed by atoms with Crippen molar-refractivity contribution in [3.63, 3.8) is 0 Å². The Hall–Kier alpha value is -1.87. The van der Waals surface area contributed by atoms with E-state index in [4.69, 9.17) is 9.47 Å². The summed E-state index contributed by atoms with van der Waals surface area (Å²) in [4.78, 5) is 10.5. The third-order valence-electron chi connectivity index (χ3n) is 2.71. The van der Waals surface area contributed by atoms with Crippen molar-refractivity contribution in [2.75, 3.05) is 34.9 Å². The zero-order valence-electron chi connectivity index (χ0n) is 12.0. The van der Waals surface area contributed by atoms with Gasteiger partial charge in [0.15, 0.2) is 11.5 Å². The van der Waals surface area contributed by atoms with Crippen molar-refractivity contribution < 1.29 is 31.8 Å². The van der Waals surface area contributed by atoms with Crippen molar-refractivity contribution in [2.24, 2.45) is 0 Å². The lowest BCUT2D eigenvalue weighted by atomic mass is 10.3. The highest BCUT2D eigenvalue weighted by Gasteiger charge is 2.28. The number of hydrogen-bond donors (Lipinski definition) is 0. The number of likely N-dealkylation sites (N-methyl/N-ethyl adjacent to an activating group) is 1. The standard InChI is InChI=1S/C12H16FNO6S/c1-14(7-12(15)20-4)21(16,17)11-6-10(19-3)9(18-2)5-8(11)13/h5-6H,7H2,1-4H3. The smallest absolute Gasteiger partial charge is 0.321 e. The van der Waals surface area contributed by atoms with Crippen molar-refractivity contribution in [3.05, 3.63) is 17.9 Å². The summed E-state index contributed by atoms with van der Waals surface area (Å²) >= 11 is 0. The first-order chi connectivity index (χ1) is 9.77. The molecule has 0 atom stereocenters. The van der Waals surface area contributed by atoms with Gasteiger partial charge in [0.1, 0.15) is 17.3 Å². The molecule has 0 radical (unpaired) electrons. The van der Waals surface area contributed by atoms with E-state index >= 15 is 0 Å². The first kappa shape index (κ1) is 17.2. The number of rotatable bonds is 6. The number of sulfonamides is 1. The normalized spacial score (nSPS) is 11.3. The number of carbonyl (C=O) groups is 1. The second-order valence-corrected chi connectivity index (χ2v) is 5.99. The van der Waals surface area contributed by atoms with Crippen LogP contribution < -0.4 is 9.47 Å². The van der Waals surface area contributed by atoms with Gasteiger partial charge in [0.05, 0.1) is 21.3 Å². The molecule has 0 aromatic heterocycles. The fourth-order valence-corrected chi connectivity index (χ4v) is 2.70. The van der Waals surface area contributed by atoms with E-state index in [1.807, 2.05) is 0 Å². The van der Waals surface area contributed by atoms with Gasteiger partial charge in [0, 0.05) is 19.2 Å². The number of benzene rings is 1. The Balaban J connectivity index is 3.28. The summed E-state index contributed by atoms with van der Waals surface area (Å²) in [7, 11) is 0.652. The minimum atomic E-state index is -4.21. The van der Waals surface area contributed by atoms with Gasteiger partial charge in [0.25, 0.3) is 0 Å². The summed E-state index contributed by atoms with van der Waals surface area (Å²) in [5.74, 6) is -1.65. The second-order valence-electron chi connectivity index (χ2n) is 3.97. The molecule has 0 amide bonds. The zero-order chi connectivity index (χ0) is 16.2. The van der Waals surface area contributed by atoms with Crippen LogP contribution in [0, 0.1) is 5.82 Å². The molecule has 21 heavy (non-hydrogen) atoms. The van der Waals surface area contributed by atoms with Gasteiger partial charge in [0.2, 0.25) is 10.0 Å². The van der Waals surface area contributed by atoms with Gasteiger partial charge >= 0.3 is 5.97 Å². The predicted molar refractivity (Wildman–Crippen MR) is 71.3 cm³/mol. The number of halogens is 1. The number of nitrogens with zero attached hydrogens (tertiary/aromatic N) is 1. The molecule has 0 heterocycles. The summed E-state index contributed by atoms with van der Waals surface area (Å²) in [6, 6.07) is 1.90. The molecule has 7 nitrogen and oxygen atoms in total. The summed E-state index contributed by atoms with van der Waals surface area (Å²) in [6.07, 6.45) is 0. The van der Waals surface area contributed by atoms with Crippen LogP contribution in [0.4, 0.5) is 4.39 Å². The molecule has 0 aliphatic rings. The summed E-state index contributed by atoms with van der Waals surface area (Å²) in [6.45, 7) is -0.535.